The molecule has 0 saturated carbocycles. The third-order valence-corrected chi connectivity index (χ3v) is 8.98. The maximum atomic E-state index is 14.5. The highest BCUT2D eigenvalue weighted by atomic mass is 16.5. The van der Waals surface area contributed by atoms with Crippen LogP contribution in [-0.2, 0) is 25.7 Å². The van der Waals surface area contributed by atoms with Gasteiger partial charge in [0.25, 0.3) is 0 Å². The number of hydrogen-bond acceptors (Lipinski definition) is 5. The van der Waals surface area contributed by atoms with Gasteiger partial charge in [0.05, 0.1) is 30.1 Å². The van der Waals surface area contributed by atoms with E-state index in [-0.39, 0.29) is 30.2 Å². The molecule has 8 heteroatoms. The normalized spacial score (nSPS) is 32.1. The number of aliphatic hydroxyl groups is 1. The zero-order valence-electron chi connectivity index (χ0n) is 23.0. The number of benzene rings is 1. The van der Waals surface area contributed by atoms with Crippen molar-refractivity contribution >= 4 is 17.7 Å². The minimum absolute atomic E-state index is 0.0518. The first-order valence-electron chi connectivity index (χ1n) is 13.5. The summed E-state index contributed by atoms with van der Waals surface area (Å²) in [6, 6.07) is 8.16. The average molecular weight is 524 g/mol. The molecule has 1 aromatic carbocycles. The second-order valence-corrected chi connectivity index (χ2v) is 11.2. The first-order chi connectivity index (χ1) is 18.1. The number of carbonyl (C=O) groups is 3. The number of carbonyl (C=O) groups excluding carboxylic acids is 3. The molecule has 0 aromatic heterocycles. The lowest BCUT2D eigenvalue weighted by molar-refractivity contribution is -0.157. The molecule has 1 spiro atoms. The summed E-state index contributed by atoms with van der Waals surface area (Å²) in [6.45, 7) is 14.1. The van der Waals surface area contributed by atoms with E-state index in [1.165, 1.54) is 0 Å². The number of fused-ring (bicyclic) bond motifs is 1. The number of aliphatic hydroxyl groups excluding tert-OH is 1. The van der Waals surface area contributed by atoms with Crippen molar-refractivity contribution in [1.29, 1.82) is 0 Å². The van der Waals surface area contributed by atoms with Gasteiger partial charge < -0.3 is 24.5 Å². The smallest absolute Gasteiger partial charge is 0.249 e. The van der Waals surface area contributed by atoms with E-state index >= 15 is 0 Å². The Morgan fingerprint density at radius 2 is 1.87 bits per heavy atom. The molecule has 3 heterocycles. The molecule has 38 heavy (non-hydrogen) atoms. The first kappa shape index (κ1) is 28.0. The molecule has 4 rings (SSSR count). The van der Waals surface area contributed by atoms with Crippen molar-refractivity contribution < 1.29 is 24.2 Å². The van der Waals surface area contributed by atoms with Crippen molar-refractivity contribution in [1.82, 2.24) is 14.7 Å². The van der Waals surface area contributed by atoms with Gasteiger partial charge in [-0.3, -0.25) is 14.4 Å². The Morgan fingerprint density at radius 3 is 2.45 bits per heavy atom. The fraction of sp³-hybridized carbons (Fsp3) is 0.567. The van der Waals surface area contributed by atoms with Crippen molar-refractivity contribution in [2.45, 2.75) is 63.4 Å². The summed E-state index contributed by atoms with van der Waals surface area (Å²) in [6.07, 6.45) is 4.28. The molecule has 3 aliphatic heterocycles. The summed E-state index contributed by atoms with van der Waals surface area (Å²) in [5, 5.41) is 10.3. The lowest BCUT2D eigenvalue weighted by atomic mass is 9.62. The molecule has 3 unspecified atom stereocenters. The van der Waals surface area contributed by atoms with Crippen molar-refractivity contribution in [3.63, 3.8) is 0 Å². The van der Waals surface area contributed by atoms with Gasteiger partial charge in [-0.25, -0.2) is 0 Å². The number of nitrogens with zero attached hydrogens (tertiary/aromatic N) is 3. The molecular weight excluding hydrogens is 482 g/mol. The summed E-state index contributed by atoms with van der Waals surface area (Å²) in [7, 11) is 1.70. The van der Waals surface area contributed by atoms with Crippen LogP contribution in [0.25, 0.3) is 0 Å². The minimum Gasteiger partial charge on any atom is -0.394 e. The summed E-state index contributed by atoms with van der Waals surface area (Å²) in [4.78, 5) is 47.4. The third-order valence-electron chi connectivity index (χ3n) is 8.98. The number of rotatable bonds is 11. The topological polar surface area (TPSA) is 90.4 Å². The van der Waals surface area contributed by atoms with E-state index in [1.807, 2.05) is 51.1 Å². The van der Waals surface area contributed by atoms with Gasteiger partial charge in [-0.1, -0.05) is 56.3 Å². The molecule has 0 radical (unpaired) electrons. The predicted octanol–water partition coefficient (Wildman–Crippen LogP) is 2.63. The van der Waals surface area contributed by atoms with Crippen LogP contribution in [0.15, 0.2) is 55.6 Å². The van der Waals surface area contributed by atoms with Crippen LogP contribution < -0.4 is 0 Å². The maximum Gasteiger partial charge on any atom is 0.249 e. The van der Waals surface area contributed by atoms with Gasteiger partial charge in [-0.15, -0.1) is 13.2 Å². The second-order valence-electron chi connectivity index (χ2n) is 11.2. The molecule has 2 bridgehead atoms. The summed E-state index contributed by atoms with van der Waals surface area (Å²) in [5.41, 5.74) is -1.09. The van der Waals surface area contributed by atoms with Crippen LogP contribution in [0.5, 0.6) is 0 Å². The molecule has 0 aliphatic carbocycles. The lowest BCUT2D eigenvalue weighted by Crippen LogP contribution is -2.58. The molecule has 1 N–H and O–H groups in total. The molecule has 3 fully saturated rings. The van der Waals surface area contributed by atoms with E-state index < -0.39 is 35.1 Å². The zero-order valence-corrected chi connectivity index (χ0v) is 23.0. The number of likely N-dealkylation sites (tertiary alicyclic amines) is 1. The number of ether oxygens (including phenoxy) is 1. The van der Waals surface area contributed by atoms with Crippen molar-refractivity contribution in [3.05, 3.63) is 61.2 Å². The van der Waals surface area contributed by atoms with Crippen LogP contribution in [0.4, 0.5) is 0 Å². The fourth-order valence-corrected chi connectivity index (χ4v) is 7.03. The van der Waals surface area contributed by atoms with E-state index in [0.717, 1.165) is 5.56 Å². The van der Waals surface area contributed by atoms with Gasteiger partial charge in [-0.05, 0) is 31.2 Å². The predicted molar refractivity (Wildman–Crippen MR) is 145 cm³/mol. The van der Waals surface area contributed by atoms with Gasteiger partial charge in [0, 0.05) is 26.7 Å². The SMILES string of the molecule is C=CCN(C)C(=O)[C@@H]1[C@H]2C(=O)N([C@@H](CC)CO)C(C(=O)N(CC=C)Cc3ccccc3)C23CC(C)[C@@]1(C)O3. The van der Waals surface area contributed by atoms with Gasteiger partial charge in [0.1, 0.15) is 11.6 Å². The molecule has 3 aliphatic rings. The molecule has 8 nitrogen and oxygen atoms in total. The standard InChI is InChI=1S/C30H41N3O5/c1-7-15-31(6)26(35)23-24-27(36)33(22(9-3)19-34)25(30(24)17-20(4)29(23,5)38-30)28(37)32(16-8-2)18-21-13-11-10-12-14-21/h7-8,10-14,20,22-25,34H,1-2,9,15-19H2,3-6H3/t20?,22-,23-,24-,25?,29+,30?/m0/s1. The second kappa shape index (κ2) is 10.7. The van der Waals surface area contributed by atoms with Crippen LogP contribution in [0.2, 0.25) is 0 Å². The van der Waals surface area contributed by atoms with Gasteiger partial charge in [0.2, 0.25) is 17.7 Å². The number of likely N-dealkylation sites (N-methyl/N-ethyl adjacent to an activating group) is 1. The highest BCUT2D eigenvalue weighted by Gasteiger charge is 2.80. The molecule has 3 saturated heterocycles. The largest absolute Gasteiger partial charge is 0.394 e. The van der Waals surface area contributed by atoms with E-state index in [9.17, 15) is 19.5 Å². The van der Waals surface area contributed by atoms with Gasteiger partial charge >= 0.3 is 0 Å². The first-order valence-corrected chi connectivity index (χ1v) is 13.5. The Balaban J connectivity index is 1.82. The summed E-state index contributed by atoms with van der Waals surface area (Å²) >= 11 is 0. The molecule has 206 valence electrons. The monoisotopic (exact) mass is 523 g/mol. The van der Waals surface area contributed by atoms with Crippen LogP contribution in [0, 0.1) is 17.8 Å². The van der Waals surface area contributed by atoms with Crippen LogP contribution >= 0.6 is 0 Å². The Bertz CT molecular complexity index is 1090. The van der Waals surface area contributed by atoms with Crippen molar-refractivity contribution in [2.75, 3.05) is 26.7 Å². The summed E-state index contributed by atoms with van der Waals surface area (Å²) < 4.78 is 6.81. The highest BCUT2D eigenvalue weighted by molar-refractivity contribution is 5.99. The Hall–Kier alpha value is -2.97. The number of hydrogen-bond donors (Lipinski definition) is 1. The van der Waals surface area contributed by atoms with Crippen molar-refractivity contribution in [3.8, 4) is 0 Å². The maximum absolute atomic E-state index is 14.5. The highest BCUT2D eigenvalue weighted by Crippen LogP contribution is 2.65. The average Bonchev–Trinajstić information content (AvgIpc) is 3.41. The fourth-order valence-electron chi connectivity index (χ4n) is 7.03. The zero-order chi connectivity index (χ0) is 27.8. The Labute approximate surface area is 225 Å². The van der Waals surface area contributed by atoms with E-state index in [1.54, 1.807) is 33.9 Å². The molecule has 1 aromatic rings. The molecule has 7 atom stereocenters. The van der Waals surface area contributed by atoms with Gasteiger partial charge in [0.15, 0.2) is 0 Å². The van der Waals surface area contributed by atoms with Gasteiger partial charge in [-0.2, -0.15) is 0 Å². The van der Waals surface area contributed by atoms with E-state index in [4.69, 9.17) is 4.74 Å². The minimum atomic E-state index is -1.16. The van der Waals surface area contributed by atoms with Crippen molar-refractivity contribution in [2.24, 2.45) is 17.8 Å². The third kappa shape index (κ3) is 4.18. The molecule has 3 amide bonds. The number of amides is 3. The van der Waals surface area contributed by atoms with Crippen LogP contribution in [0.3, 0.4) is 0 Å². The quantitative estimate of drug-likeness (QED) is 0.451. The lowest BCUT2D eigenvalue weighted by Gasteiger charge is -2.39. The van der Waals surface area contributed by atoms with Crippen LogP contribution in [-0.4, -0.2) is 87.6 Å². The van der Waals surface area contributed by atoms with E-state index in [2.05, 4.69) is 13.2 Å². The molecular formula is C30H41N3O5. The Kier molecular flexibility index (Phi) is 7.86. The Morgan fingerprint density at radius 1 is 1.21 bits per heavy atom. The van der Waals surface area contributed by atoms with E-state index in [0.29, 0.717) is 32.5 Å². The summed E-state index contributed by atoms with van der Waals surface area (Å²) in [5.74, 6) is -2.31. The van der Waals surface area contributed by atoms with Crippen LogP contribution in [0.1, 0.15) is 39.2 Å².